The normalized spacial score (nSPS) is 18.4. The fourth-order valence-corrected chi connectivity index (χ4v) is 1.55. The van der Waals surface area contributed by atoms with Crippen LogP contribution in [0.1, 0.15) is 32.1 Å². The first kappa shape index (κ1) is 12.8. The Morgan fingerprint density at radius 1 is 1.33 bits per heavy atom. The van der Waals surface area contributed by atoms with E-state index in [4.69, 9.17) is 10.6 Å². The zero-order chi connectivity index (χ0) is 11.1. The zero-order valence-corrected chi connectivity index (χ0v) is 8.92. The van der Waals surface area contributed by atoms with Crippen molar-refractivity contribution >= 4 is 0 Å². The number of nitrogens with one attached hydrogen (secondary N) is 1. The average molecular weight is 222 g/mol. The van der Waals surface area contributed by atoms with Gasteiger partial charge in [-0.05, 0) is 25.2 Å². The number of hydrogen-bond acceptors (Lipinski definition) is 3. The number of hydrogen-bond donors (Lipinski definition) is 2. The Morgan fingerprint density at radius 2 is 2.07 bits per heavy atom. The van der Waals surface area contributed by atoms with Gasteiger partial charge in [0, 0.05) is 12.6 Å². The number of rotatable bonds is 9. The molecule has 3 nitrogen and oxygen atoms in total. The topological polar surface area (TPSA) is 47.3 Å². The van der Waals surface area contributed by atoms with Gasteiger partial charge in [0.05, 0.1) is 0 Å². The maximum absolute atomic E-state index is 11.7. The second-order valence-corrected chi connectivity index (χ2v) is 4.14. The van der Waals surface area contributed by atoms with Crippen LogP contribution < -0.4 is 11.3 Å². The molecular weight excluding hydrogens is 202 g/mol. The molecule has 0 heterocycles. The third-order valence-electron chi connectivity index (χ3n) is 2.71. The molecule has 1 aliphatic carbocycles. The van der Waals surface area contributed by atoms with Gasteiger partial charge in [-0.15, -0.1) is 0 Å². The predicted octanol–water partition coefficient (Wildman–Crippen LogP) is 1.68. The van der Waals surface area contributed by atoms with Crippen molar-refractivity contribution in [2.75, 3.05) is 13.2 Å². The summed E-state index contributed by atoms with van der Waals surface area (Å²) in [7, 11) is 0. The van der Waals surface area contributed by atoms with E-state index in [0.717, 1.165) is 12.3 Å². The molecule has 0 spiro atoms. The van der Waals surface area contributed by atoms with E-state index in [1.807, 2.05) is 0 Å². The van der Waals surface area contributed by atoms with Crippen LogP contribution in [-0.4, -0.2) is 25.7 Å². The Balaban J connectivity index is 1.94. The molecule has 0 bridgehead atoms. The third-order valence-corrected chi connectivity index (χ3v) is 2.71. The molecule has 0 aromatic carbocycles. The van der Waals surface area contributed by atoms with Crippen LogP contribution in [0.15, 0.2) is 0 Å². The quantitative estimate of drug-likeness (QED) is 0.354. The van der Waals surface area contributed by atoms with E-state index >= 15 is 0 Å². The van der Waals surface area contributed by atoms with E-state index in [9.17, 15) is 8.78 Å². The first-order valence-electron chi connectivity index (χ1n) is 5.54. The van der Waals surface area contributed by atoms with E-state index in [1.165, 1.54) is 19.3 Å². The number of alkyl halides is 2. The smallest absolute Gasteiger partial charge is 0.261 e. The zero-order valence-electron chi connectivity index (χ0n) is 8.92. The van der Waals surface area contributed by atoms with Crippen molar-refractivity contribution < 1.29 is 13.5 Å². The predicted molar refractivity (Wildman–Crippen MR) is 54.5 cm³/mol. The molecule has 1 rings (SSSR count). The summed E-state index contributed by atoms with van der Waals surface area (Å²) in [5, 5.41) is 0. The summed E-state index contributed by atoms with van der Waals surface area (Å²) in [5.41, 5.74) is 2.71. The van der Waals surface area contributed by atoms with Crippen LogP contribution in [0, 0.1) is 5.92 Å². The number of halogens is 2. The lowest BCUT2D eigenvalue weighted by atomic mass is 10.1. The van der Waals surface area contributed by atoms with E-state index in [2.05, 4.69) is 5.43 Å². The summed E-state index contributed by atoms with van der Waals surface area (Å²) in [6.07, 6.45) is 3.19. The second kappa shape index (κ2) is 7.09. The Bertz CT molecular complexity index is 166. The fourth-order valence-electron chi connectivity index (χ4n) is 1.55. The van der Waals surface area contributed by atoms with Gasteiger partial charge in [-0.25, -0.2) is 8.78 Å². The summed E-state index contributed by atoms with van der Waals surface area (Å²) >= 11 is 0. The van der Waals surface area contributed by atoms with Crippen LogP contribution >= 0.6 is 0 Å². The van der Waals surface area contributed by atoms with Crippen molar-refractivity contribution in [3.63, 3.8) is 0 Å². The Kier molecular flexibility index (Phi) is 6.05. The highest BCUT2D eigenvalue weighted by Gasteiger charge is 2.22. The minimum atomic E-state index is -2.37. The first-order chi connectivity index (χ1) is 7.22. The molecule has 0 aliphatic heterocycles. The summed E-state index contributed by atoms with van der Waals surface area (Å²) in [5.74, 6) is 6.25. The Labute approximate surface area is 89.3 Å². The monoisotopic (exact) mass is 222 g/mol. The van der Waals surface area contributed by atoms with Gasteiger partial charge in [0.2, 0.25) is 0 Å². The van der Waals surface area contributed by atoms with E-state index in [1.54, 1.807) is 0 Å². The fraction of sp³-hybridized carbons (Fsp3) is 1.00. The summed E-state index contributed by atoms with van der Waals surface area (Å²) in [4.78, 5) is 0. The number of nitrogens with two attached hydrogens (primary N) is 1. The first-order valence-corrected chi connectivity index (χ1v) is 5.54. The van der Waals surface area contributed by atoms with Gasteiger partial charge < -0.3 is 4.74 Å². The number of ether oxygens (including phenoxy) is 1. The Morgan fingerprint density at radius 3 is 2.60 bits per heavy atom. The Hall–Kier alpha value is -0.260. The molecule has 3 N–H and O–H groups in total. The molecule has 1 saturated carbocycles. The molecule has 0 amide bonds. The minimum absolute atomic E-state index is 0.197. The van der Waals surface area contributed by atoms with Crippen molar-refractivity contribution in [2.24, 2.45) is 11.8 Å². The van der Waals surface area contributed by atoms with Crippen molar-refractivity contribution in [2.45, 2.75) is 44.6 Å². The molecule has 0 aromatic rings. The van der Waals surface area contributed by atoms with Crippen LogP contribution in [-0.2, 0) is 4.74 Å². The molecule has 1 fully saturated rings. The summed E-state index contributed by atoms with van der Waals surface area (Å²) in [6, 6.07) is 0.197. The van der Waals surface area contributed by atoms with Gasteiger partial charge in [-0.3, -0.25) is 11.3 Å². The van der Waals surface area contributed by atoms with Crippen LogP contribution in [0.5, 0.6) is 0 Å². The molecule has 0 aromatic heterocycles. The largest absolute Gasteiger partial charge is 0.375 e. The van der Waals surface area contributed by atoms with E-state index in [-0.39, 0.29) is 6.04 Å². The van der Waals surface area contributed by atoms with Gasteiger partial charge in [0.1, 0.15) is 6.61 Å². The lowest BCUT2D eigenvalue weighted by molar-refractivity contribution is 0.0141. The molecule has 90 valence electrons. The van der Waals surface area contributed by atoms with Crippen LogP contribution in [0.3, 0.4) is 0 Å². The standard InChI is InChI=1S/C10H20F2N2O/c11-10(12)7-15-6-5-9(14-13)4-3-8-1-2-8/h8-10,14H,1-7,13H2. The summed E-state index contributed by atoms with van der Waals surface area (Å²) < 4.78 is 28.3. The van der Waals surface area contributed by atoms with Crippen molar-refractivity contribution in [3.05, 3.63) is 0 Å². The third kappa shape index (κ3) is 6.76. The molecular formula is C10H20F2N2O. The SMILES string of the molecule is NNC(CCOCC(F)F)CCC1CC1. The molecule has 1 atom stereocenters. The lowest BCUT2D eigenvalue weighted by Gasteiger charge is -2.15. The van der Waals surface area contributed by atoms with Crippen molar-refractivity contribution in [3.8, 4) is 0 Å². The highest BCUT2D eigenvalue weighted by atomic mass is 19.3. The van der Waals surface area contributed by atoms with Crippen molar-refractivity contribution in [1.82, 2.24) is 5.43 Å². The summed E-state index contributed by atoms with van der Waals surface area (Å²) in [6.45, 7) is -0.121. The molecule has 0 radical (unpaired) electrons. The van der Waals surface area contributed by atoms with Gasteiger partial charge in [-0.1, -0.05) is 12.8 Å². The molecule has 5 heteroatoms. The molecule has 0 saturated heterocycles. The van der Waals surface area contributed by atoms with Gasteiger partial charge in [-0.2, -0.15) is 0 Å². The molecule has 15 heavy (non-hydrogen) atoms. The number of hydrazine groups is 1. The van der Waals surface area contributed by atoms with Gasteiger partial charge in [0.25, 0.3) is 6.43 Å². The van der Waals surface area contributed by atoms with Gasteiger partial charge >= 0.3 is 0 Å². The highest BCUT2D eigenvalue weighted by Crippen LogP contribution is 2.33. The van der Waals surface area contributed by atoms with Crippen molar-refractivity contribution in [1.29, 1.82) is 0 Å². The maximum Gasteiger partial charge on any atom is 0.261 e. The molecule has 1 unspecified atom stereocenters. The van der Waals surface area contributed by atoms with Crippen LogP contribution in [0.25, 0.3) is 0 Å². The molecule has 1 aliphatic rings. The lowest BCUT2D eigenvalue weighted by Crippen LogP contribution is -2.36. The second-order valence-electron chi connectivity index (χ2n) is 4.14. The maximum atomic E-state index is 11.7. The van der Waals surface area contributed by atoms with Crippen LogP contribution in [0.2, 0.25) is 0 Å². The van der Waals surface area contributed by atoms with Crippen LogP contribution in [0.4, 0.5) is 8.78 Å². The van der Waals surface area contributed by atoms with E-state index in [0.29, 0.717) is 13.0 Å². The highest BCUT2D eigenvalue weighted by molar-refractivity contribution is 4.75. The average Bonchev–Trinajstić information content (AvgIpc) is 3.00. The minimum Gasteiger partial charge on any atom is -0.375 e. The van der Waals surface area contributed by atoms with E-state index < -0.39 is 13.0 Å². The van der Waals surface area contributed by atoms with Gasteiger partial charge in [0.15, 0.2) is 0 Å².